The van der Waals surface area contributed by atoms with Crippen LogP contribution in [0.25, 0.3) is 0 Å². The quantitative estimate of drug-likeness (QED) is 0.620. The third kappa shape index (κ3) is 4.83. The smallest absolute Gasteiger partial charge is 0.271 e. The summed E-state index contributed by atoms with van der Waals surface area (Å²) in [6.45, 7) is 3.41. The van der Waals surface area contributed by atoms with Gasteiger partial charge in [0.05, 0.1) is 12.4 Å². The molecule has 2 aromatic heterocycles. The van der Waals surface area contributed by atoms with Crippen molar-refractivity contribution in [3.63, 3.8) is 0 Å². The van der Waals surface area contributed by atoms with Gasteiger partial charge in [-0.25, -0.2) is 9.97 Å². The van der Waals surface area contributed by atoms with Crippen molar-refractivity contribution in [2.45, 2.75) is 26.2 Å². The number of nitrogens with zero attached hydrogens (tertiary/aromatic N) is 4. The third-order valence-electron chi connectivity index (χ3n) is 2.76. The molecular formula is C13H19N7O. The fourth-order valence-corrected chi connectivity index (χ4v) is 1.71. The molecule has 0 spiro atoms. The van der Waals surface area contributed by atoms with Crippen LogP contribution < -0.4 is 10.6 Å². The van der Waals surface area contributed by atoms with E-state index in [4.69, 9.17) is 0 Å². The maximum Gasteiger partial charge on any atom is 0.271 e. The minimum absolute atomic E-state index is 0.222. The van der Waals surface area contributed by atoms with Crippen LogP contribution in [-0.2, 0) is 6.42 Å². The molecule has 0 radical (unpaired) electrons. The van der Waals surface area contributed by atoms with Gasteiger partial charge in [-0.1, -0.05) is 6.92 Å². The summed E-state index contributed by atoms with van der Waals surface area (Å²) < 4.78 is 0. The summed E-state index contributed by atoms with van der Waals surface area (Å²) in [4.78, 5) is 24.2. The largest absolute Gasteiger partial charge is 0.369 e. The number of H-pyrrole nitrogens is 1. The molecule has 0 bridgehead atoms. The highest BCUT2D eigenvalue weighted by molar-refractivity contribution is 5.92. The van der Waals surface area contributed by atoms with E-state index in [-0.39, 0.29) is 5.91 Å². The van der Waals surface area contributed by atoms with E-state index < -0.39 is 0 Å². The molecule has 3 N–H and O–H groups in total. The van der Waals surface area contributed by atoms with Gasteiger partial charge < -0.3 is 10.6 Å². The van der Waals surface area contributed by atoms with Crippen molar-refractivity contribution in [1.29, 1.82) is 0 Å². The Morgan fingerprint density at radius 2 is 2.24 bits per heavy atom. The normalized spacial score (nSPS) is 10.3. The molecule has 8 nitrogen and oxygen atoms in total. The van der Waals surface area contributed by atoms with Crippen molar-refractivity contribution >= 4 is 11.7 Å². The molecule has 112 valence electrons. The van der Waals surface area contributed by atoms with E-state index >= 15 is 0 Å². The van der Waals surface area contributed by atoms with Gasteiger partial charge in [0.2, 0.25) is 0 Å². The fraction of sp³-hybridized carbons (Fsp3) is 0.462. The van der Waals surface area contributed by atoms with Crippen LogP contribution in [0.15, 0.2) is 18.7 Å². The summed E-state index contributed by atoms with van der Waals surface area (Å²) in [5.41, 5.74) is 0.316. The third-order valence-corrected chi connectivity index (χ3v) is 2.76. The molecule has 0 aliphatic rings. The number of anilines is 1. The lowest BCUT2D eigenvalue weighted by atomic mass is 10.3. The second kappa shape index (κ2) is 7.93. The Balaban J connectivity index is 1.77. The SMILES string of the molecule is CCCNc1cncc(C(=O)NCCCc2ncn[nH]2)n1. The number of carbonyl (C=O) groups is 1. The van der Waals surface area contributed by atoms with Gasteiger partial charge in [0, 0.05) is 19.5 Å². The van der Waals surface area contributed by atoms with Crippen LogP contribution in [0.1, 0.15) is 36.1 Å². The van der Waals surface area contributed by atoms with Gasteiger partial charge in [0.25, 0.3) is 5.91 Å². The van der Waals surface area contributed by atoms with Crippen molar-refractivity contribution in [3.8, 4) is 0 Å². The average Bonchev–Trinajstić information content (AvgIpc) is 3.03. The van der Waals surface area contributed by atoms with Gasteiger partial charge in [-0.3, -0.25) is 14.9 Å². The van der Waals surface area contributed by atoms with Crippen molar-refractivity contribution in [3.05, 3.63) is 30.2 Å². The van der Waals surface area contributed by atoms with Crippen LogP contribution in [-0.4, -0.2) is 44.1 Å². The van der Waals surface area contributed by atoms with E-state index in [0.717, 1.165) is 31.6 Å². The first-order valence-corrected chi connectivity index (χ1v) is 6.98. The van der Waals surface area contributed by atoms with Crippen LogP contribution in [0.2, 0.25) is 0 Å². The van der Waals surface area contributed by atoms with Gasteiger partial charge in [-0.05, 0) is 12.8 Å². The predicted octanol–water partition coefficient (Wildman–Crippen LogP) is 0.779. The Kier molecular flexibility index (Phi) is 5.62. The second-order valence-electron chi connectivity index (χ2n) is 4.51. The summed E-state index contributed by atoms with van der Waals surface area (Å²) in [6.07, 6.45) is 7.05. The van der Waals surface area contributed by atoms with Crippen molar-refractivity contribution in [2.75, 3.05) is 18.4 Å². The topological polar surface area (TPSA) is 108 Å². The summed E-state index contributed by atoms with van der Waals surface area (Å²) in [5, 5.41) is 12.5. The number of aromatic nitrogens is 5. The van der Waals surface area contributed by atoms with Crippen LogP contribution >= 0.6 is 0 Å². The molecular weight excluding hydrogens is 270 g/mol. The lowest BCUT2D eigenvalue weighted by Crippen LogP contribution is -2.26. The summed E-state index contributed by atoms with van der Waals surface area (Å²) in [5.74, 6) is 1.21. The Labute approximate surface area is 122 Å². The lowest BCUT2D eigenvalue weighted by Gasteiger charge is -2.06. The summed E-state index contributed by atoms with van der Waals surface area (Å²) in [6, 6.07) is 0. The highest BCUT2D eigenvalue weighted by Crippen LogP contribution is 2.02. The van der Waals surface area contributed by atoms with Crippen LogP contribution in [0, 0.1) is 0 Å². The predicted molar refractivity (Wildman–Crippen MR) is 77.8 cm³/mol. The van der Waals surface area contributed by atoms with Gasteiger partial charge in [0.1, 0.15) is 23.7 Å². The van der Waals surface area contributed by atoms with Gasteiger partial charge in [0.15, 0.2) is 0 Å². The Bertz CT molecular complexity index is 555. The minimum Gasteiger partial charge on any atom is -0.369 e. The number of aromatic amines is 1. The monoisotopic (exact) mass is 289 g/mol. The zero-order valence-corrected chi connectivity index (χ0v) is 12.0. The molecule has 21 heavy (non-hydrogen) atoms. The standard InChI is InChI=1S/C13H19N7O/c1-2-5-15-12-8-14-7-10(19-12)13(21)16-6-3-4-11-17-9-18-20-11/h7-9H,2-6H2,1H3,(H,15,19)(H,16,21)(H,17,18,20). The maximum absolute atomic E-state index is 12.0. The van der Waals surface area contributed by atoms with E-state index in [1.807, 2.05) is 0 Å². The molecule has 0 aliphatic heterocycles. The Morgan fingerprint density at radius 1 is 1.33 bits per heavy atom. The zero-order valence-electron chi connectivity index (χ0n) is 12.0. The zero-order chi connectivity index (χ0) is 14.9. The van der Waals surface area contributed by atoms with Gasteiger partial charge in [-0.2, -0.15) is 5.10 Å². The molecule has 0 fully saturated rings. The maximum atomic E-state index is 12.0. The number of amides is 1. The van der Waals surface area contributed by atoms with E-state index in [9.17, 15) is 4.79 Å². The van der Waals surface area contributed by atoms with Crippen LogP contribution in [0.5, 0.6) is 0 Å². The lowest BCUT2D eigenvalue weighted by molar-refractivity contribution is 0.0948. The molecule has 8 heteroatoms. The van der Waals surface area contributed by atoms with E-state index in [2.05, 4.69) is 42.7 Å². The number of hydrogen-bond acceptors (Lipinski definition) is 6. The Hall–Kier alpha value is -2.51. The number of hydrogen-bond donors (Lipinski definition) is 3. The van der Waals surface area contributed by atoms with Gasteiger partial charge in [-0.15, -0.1) is 0 Å². The van der Waals surface area contributed by atoms with Crippen LogP contribution in [0.3, 0.4) is 0 Å². The van der Waals surface area contributed by atoms with E-state index in [1.165, 1.54) is 12.5 Å². The first kappa shape index (κ1) is 14.9. The molecule has 2 heterocycles. The van der Waals surface area contributed by atoms with Crippen molar-refractivity contribution in [1.82, 2.24) is 30.5 Å². The Morgan fingerprint density at radius 3 is 3.00 bits per heavy atom. The van der Waals surface area contributed by atoms with E-state index in [0.29, 0.717) is 18.1 Å². The molecule has 0 saturated carbocycles. The second-order valence-corrected chi connectivity index (χ2v) is 4.51. The summed E-state index contributed by atoms with van der Waals surface area (Å²) >= 11 is 0. The first-order chi connectivity index (χ1) is 10.3. The first-order valence-electron chi connectivity index (χ1n) is 6.98. The van der Waals surface area contributed by atoms with Gasteiger partial charge >= 0.3 is 0 Å². The van der Waals surface area contributed by atoms with Crippen molar-refractivity contribution < 1.29 is 4.79 Å². The molecule has 0 unspecified atom stereocenters. The van der Waals surface area contributed by atoms with Crippen molar-refractivity contribution in [2.24, 2.45) is 0 Å². The number of carbonyl (C=O) groups excluding carboxylic acids is 1. The highest BCUT2D eigenvalue weighted by Gasteiger charge is 2.08. The fourth-order valence-electron chi connectivity index (χ4n) is 1.71. The molecule has 0 aromatic carbocycles. The molecule has 2 rings (SSSR count). The minimum atomic E-state index is -0.222. The molecule has 1 amide bonds. The molecule has 2 aromatic rings. The van der Waals surface area contributed by atoms with Crippen LogP contribution in [0.4, 0.5) is 5.82 Å². The average molecular weight is 289 g/mol. The molecule has 0 saturated heterocycles. The number of aryl methyl sites for hydroxylation is 1. The number of nitrogens with one attached hydrogen (secondary N) is 3. The molecule has 0 atom stereocenters. The highest BCUT2D eigenvalue weighted by atomic mass is 16.1. The number of rotatable bonds is 8. The molecule has 0 aliphatic carbocycles. The van der Waals surface area contributed by atoms with E-state index in [1.54, 1.807) is 6.20 Å². The summed E-state index contributed by atoms with van der Waals surface area (Å²) in [7, 11) is 0.